The molecule has 0 saturated heterocycles. The van der Waals surface area contributed by atoms with Gasteiger partial charge < -0.3 is 0 Å². The van der Waals surface area contributed by atoms with Gasteiger partial charge in [0.25, 0.3) is 0 Å². The topological polar surface area (TPSA) is 0 Å². The van der Waals surface area contributed by atoms with Gasteiger partial charge in [-0.15, -0.1) is 0 Å². The van der Waals surface area contributed by atoms with E-state index in [0.717, 1.165) is 0 Å². The van der Waals surface area contributed by atoms with Gasteiger partial charge in [0.2, 0.25) is 0 Å². The smallest absolute Gasteiger partial charge is 0.0105 e. The van der Waals surface area contributed by atoms with Gasteiger partial charge in [0.1, 0.15) is 0 Å². The first-order valence-corrected chi connectivity index (χ1v) is 12.4. The molecule has 0 N–H and O–H groups in total. The number of benzene rings is 5. The van der Waals surface area contributed by atoms with Crippen molar-refractivity contribution in [3.63, 3.8) is 0 Å². The van der Waals surface area contributed by atoms with Crippen molar-refractivity contribution in [2.75, 3.05) is 0 Å². The number of aryl methyl sites for hydroxylation is 1. The molecule has 0 amide bonds. The highest BCUT2D eigenvalue weighted by molar-refractivity contribution is 5.92. The Morgan fingerprint density at radius 2 is 0.889 bits per heavy atom. The third-order valence-corrected chi connectivity index (χ3v) is 6.53. The molecule has 0 bridgehead atoms. The molecule has 0 aliphatic carbocycles. The molecule has 0 heterocycles. The van der Waals surface area contributed by atoms with Crippen molar-refractivity contribution in [1.82, 2.24) is 0 Å². The van der Waals surface area contributed by atoms with E-state index in [1.54, 1.807) is 0 Å². The molecule has 0 unspecified atom stereocenters. The lowest BCUT2D eigenvalue weighted by Gasteiger charge is -2.11. The van der Waals surface area contributed by atoms with Crippen LogP contribution in [0.25, 0.3) is 34.4 Å². The second kappa shape index (κ2) is 10.9. The molecule has 0 fully saturated rings. The van der Waals surface area contributed by atoms with Crippen molar-refractivity contribution in [3.8, 4) is 11.1 Å². The average molecular weight is 463 g/mol. The molecule has 0 aliphatic rings. The Balaban J connectivity index is 1.46. The zero-order valence-electron chi connectivity index (χ0n) is 20.9. The van der Waals surface area contributed by atoms with Crippen LogP contribution in [0.4, 0.5) is 0 Å². The van der Waals surface area contributed by atoms with E-state index in [1.165, 1.54) is 55.7 Å². The normalized spacial score (nSPS) is 11.9. The highest BCUT2D eigenvalue weighted by atomic mass is 14.1. The lowest BCUT2D eigenvalue weighted by atomic mass is 9.93. The quantitative estimate of drug-likeness (QED) is 0.220. The molecule has 5 aromatic rings. The maximum atomic E-state index is 2.29. The summed E-state index contributed by atoms with van der Waals surface area (Å²) < 4.78 is 0. The predicted molar refractivity (Wildman–Crippen MR) is 156 cm³/mol. The van der Waals surface area contributed by atoms with E-state index in [0.29, 0.717) is 0 Å². The number of hydrogen-bond donors (Lipinski definition) is 0. The maximum absolute atomic E-state index is 2.29. The molecular weight excluding hydrogens is 432 g/mol. The van der Waals surface area contributed by atoms with Gasteiger partial charge in [-0.1, -0.05) is 145 Å². The summed E-state index contributed by atoms with van der Waals surface area (Å²) in [7, 11) is 0. The third kappa shape index (κ3) is 5.62. The van der Waals surface area contributed by atoms with Crippen LogP contribution < -0.4 is 0 Å². The minimum Gasteiger partial charge on any atom is -0.0622 e. The molecule has 0 nitrogen and oxygen atoms in total. The van der Waals surface area contributed by atoms with E-state index in [-0.39, 0.29) is 0 Å². The second-order valence-corrected chi connectivity index (χ2v) is 9.23. The number of hydrogen-bond acceptors (Lipinski definition) is 0. The Labute approximate surface area is 214 Å². The van der Waals surface area contributed by atoms with Gasteiger partial charge in [0.15, 0.2) is 0 Å². The average Bonchev–Trinajstić information content (AvgIpc) is 2.94. The summed E-state index contributed by atoms with van der Waals surface area (Å²) >= 11 is 0. The first-order chi connectivity index (χ1) is 17.7. The predicted octanol–water partition coefficient (Wildman–Crippen LogP) is 9.81. The summed E-state index contributed by atoms with van der Waals surface area (Å²) in [5.74, 6) is 0. The van der Waals surface area contributed by atoms with E-state index in [4.69, 9.17) is 0 Å². The Hall–Kier alpha value is -4.42. The fraction of sp³-hybridized carbons (Fsp3) is 0.0556. The molecule has 36 heavy (non-hydrogen) atoms. The molecule has 174 valence electrons. The zero-order chi connectivity index (χ0) is 24.7. The fourth-order valence-electron chi connectivity index (χ4n) is 4.43. The van der Waals surface area contributed by atoms with E-state index >= 15 is 0 Å². The summed E-state index contributed by atoms with van der Waals surface area (Å²) in [6.07, 6.45) is 4.53. The highest BCUT2D eigenvalue weighted by Gasteiger charge is 2.07. The maximum Gasteiger partial charge on any atom is -0.0105 e. The first-order valence-electron chi connectivity index (χ1n) is 12.4. The van der Waals surface area contributed by atoms with E-state index in [2.05, 4.69) is 159 Å². The van der Waals surface area contributed by atoms with Gasteiger partial charge in [0, 0.05) is 0 Å². The van der Waals surface area contributed by atoms with Crippen molar-refractivity contribution >= 4 is 23.3 Å². The minimum absolute atomic E-state index is 1.19. The van der Waals surface area contributed by atoms with Crippen LogP contribution >= 0.6 is 0 Å². The van der Waals surface area contributed by atoms with Gasteiger partial charge in [-0.05, 0) is 70.0 Å². The summed E-state index contributed by atoms with van der Waals surface area (Å²) in [6.45, 7) is 4.29. The van der Waals surface area contributed by atoms with Crippen molar-refractivity contribution in [1.29, 1.82) is 0 Å². The summed E-state index contributed by atoms with van der Waals surface area (Å²) in [5.41, 5.74) is 12.3. The molecule has 0 aromatic heterocycles. The standard InChI is InChI=1S/C36H30/c1-27-13-19-32(20-14-27)33-21-23-35(24-22-33)36(34-11-7-4-8-12-34)26-30-17-15-29(16-18-30)25-28(2)31-9-5-3-6-10-31/h3-26H,1-2H3. The lowest BCUT2D eigenvalue weighted by molar-refractivity contribution is 1.46. The first kappa shape index (κ1) is 23.3. The van der Waals surface area contributed by atoms with Crippen LogP contribution in [0.2, 0.25) is 0 Å². The van der Waals surface area contributed by atoms with Crippen LogP contribution in [0.3, 0.4) is 0 Å². The van der Waals surface area contributed by atoms with Gasteiger partial charge >= 0.3 is 0 Å². The number of rotatable bonds is 6. The van der Waals surface area contributed by atoms with E-state index < -0.39 is 0 Å². The Morgan fingerprint density at radius 1 is 0.444 bits per heavy atom. The van der Waals surface area contributed by atoms with Gasteiger partial charge in [-0.25, -0.2) is 0 Å². The van der Waals surface area contributed by atoms with Crippen molar-refractivity contribution in [2.45, 2.75) is 13.8 Å². The molecule has 0 saturated carbocycles. The fourth-order valence-corrected chi connectivity index (χ4v) is 4.43. The molecule has 0 radical (unpaired) electrons. The van der Waals surface area contributed by atoms with Crippen LogP contribution in [0.1, 0.15) is 40.3 Å². The summed E-state index contributed by atoms with van der Waals surface area (Å²) in [4.78, 5) is 0. The molecule has 5 aromatic carbocycles. The largest absolute Gasteiger partial charge is 0.0622 e. The summed E-state index contributed by atoms with van der Waals surface area (Å²) in [5, 5.41) is 0. The molecular formula is C36H30. The number of allylic oxidation sites excluding steroid dienone is 1. The summed E-state index contributed by atoms with van der Waals surface area (Å²) in [6, 6.07) is 47.6. The van der Waals surface area contributed by atoms with Crippen LogP contribution in [-0.4, -0.2) is 0 Å². The van der Waals surface area contributed by atoms with Crippen LogP contribution in [-0.2, 0) is 0 Å². The monoisotopic (exact) mass is 462 g/mol. The van der Waals surface area contributed by atoms with Crippen LogP contribution in [0, 0.1) is 6.92 Å². The molecule has 0 spiro atoms. The highest BCUT2D eigenvalue weighted by Crippen LogP contribution is 2.29. The lowest BCUT2D eigenvalue weighted by Crippen LogP contribution is -1.89. The van der Waals surface area contributed by atoms with Crippen molar-refractivity contribution in [2.24, 2.45) is 0 Å². The Kier molecular flexibility index (Phi) is 7.05. The molecule has 5 rings (SSSR count). The van der Waals surface area contributed by atoms with E-state index in [1.807, 2.05) is 0 Å². The van der Waals surface area contributed by atoms with Crippen LogP contribution in [0.15, 0.2) is 133 Å². The third-order valence-electron chi connectivity index (χ3n) is 6.53. The zero-order valence-corrected chi connectivity index (χ0v) is 20.9. The van der Waals surface area contributed by atoms with Gasteiger partial charge in [0.05, 0.1) is 0 Å². The molecule has 0 atom stereocenters. The molecule has 0 heteroatoms. The Morgan fingerprint density at radius 3 is 1.44 bits per heavy atom. The van der Waals surface area contributed by atoms with Gasteiger partial charge in [-0.3, -0.25) is 0 Å². The van der Waals surface area contributed by atoms with Crippen molar-refractivity contribution < 1.29 is 0 Å². The molecule has 0 aliphatic heterocycles. The second-order valence-electron chi connectivity index (χ2n) is 9.23. The van der Waals surface area contributed by atoms with Gasteiger partial charge in [-0.2, -0.15) is 0 Å². The SMILES string of the molecule is CC(=Cc1ccc(C=C(c2ccccc2)c2ccc(-c3ccc(C)cc3)cc2)cc1)c1ccccc1. The van der Waals surface area contributed by atoms with Crippen molar-refractivity contribution in [3.05, 3.63) is 167 Å². The van der Waals surface area contributed by atoms with Crippen LogP contribution in [0.5, 0.6) is 0 Å². The van der Waals surface area contributed by atoms with E-state index in [9.17, 15) is 0 Å². The Bertz CT molecular complexity index is 1470. The minimum atomic E-state index is 1.19.